The quantitative estimate of drug-likeness (QED) is 0.846. The van der Waals surface area contributed by atoms with Crippen molar-refractivity contribution in [3.05, 3.63) is 59.7 Å². The van der Waals surface area contributed by atoms with Gasteiger partial charge in [0.05, 0.1) is 19.8 Å². The molecule has 2 atom stereocenters. The molecule has 0 fully saturated rings. The number of aliphatic hydroxyl groups is 1. The van der Waals surface area contributed by atoms with Gasteiger partial charge in [-0.1, -0.05) is 24.3 Å². The molecule has 0 saturated carbocycles. The average Bonchev–Trinajstić information content (AvgIpc) is 2.56. The van der Waals surface area contributed by atoms with E-state index >= 15 is 0 Å². The summed E-state index contributed by atoms with van der Waals surface area (Å²) in [6, 6.07) is 15.4. The summed E-state index contributed by atoms with van der Waals surface area (Å²) in [6.45, 7) is 0.744. The Labute approximate surface area is 140 Å². The summed E-state index contributed by atoms with van der Waals surface area (Å²) < 4.78 is 16.6. The van der Waals surface area contributed by atoms with E-state index in [9.17, 15) is 9.32 Å². The molecule has 0 aromatic heterocycles. The lowest BCUT2D eigenvalue weighted by Crippen LogP contribution is -2.26. The molecular formula is C18H23NO3S. The molecule has 23 heavy (non-hydrogen) atoms. The van der Waals surface area contributed by atoms with Crippen LogP contribution in [0.5, 0.6) is 5.75 Å². The summed E-state index contributed by atoms with van der Waals surface area (Å²) in [4.78, 5) is 2.92. The molecule has 0 heterocycles. The van der Waals surface area contributed by atoms with Gasteiger partial charge in [0.2, 0.25) is 0 Å². The van der Waals surface area contributed by atoms with Crippen molar-refractivity contribution in [2.24, 2.45) is 0 Å². The van der Waals surface area contributed by atoms with E-state index in [1.165, 1.54) is 0 Å². The first-order chi connectivity index (χ1) is 11.0. The van der Waals surface area contributed by atoms with E-state index in [0.29, 0.717) is 6.54 Å². The van der Waals surface area contributed by atoms with Crippen LogP contribution < -0.4 is 4.74 Å². The molecule has 0 spiro atoms. The fourth-order valence-corrected chi connectivity index (χ4v) is 3.03. The van der Waals surface area contributed by atoms with Gasteiger partial charge in [-0.25, -0.2) is 0 Å². The minimum absolute atomic E-state index is 0.0416. The Morgan fingerprint density at radius 2 is 1.74 bits per heavy atom. The summed E-state index contributed by atoms with van der Waals surface area (Å²) >= 11 is 0. The Kier molecular flexibility index (Phi) is 6.33. The molecule has 0 aliphatic carbocycles. The van der Waals surface area contributed by atoms with Crippen LogP contribution >= 0.6 is 0 Å². The van der Waals surface area contributed by atoms with Crippen molar-refractivity contribution in [3.63, 3.8) is 0 Å². The van der Waals surface area contributed by atoms with Gasteiger partial charge in [-0.05, 0) is 42.4 Å². The van der Waals surface area contributed by atoms with Crippen LogP contribution in [-0.2, 0) is 17.3 Å². The lowest BCUT2D eigenvalue weighted by Gasteiger charge is -2.27. The lowest BCUT2D eigenvalue weighted by atomic mass is 10.1. The summed E-state index contributed by atoms with van der Waals surface area (Å²) in [7, 11) is 2.66. The highest BCUT2D eigenvalue weighted by Crippen LogP contribution is 2.23. The van der Waals surface area contributed by atoms with E-state index < -0.39 is 10.8 Å². The SMILES string of the molecule is COc1ccc(C(CO)N(C)Cc2ccc(S(C)=O)cc2)cc1. The Morgan fingerprint density at radius 3 is 2.22 bits per heavy atom. The third-order valence-electron chi connectivity index (χ3n) is 3.89. The van der Waals surface area contributed by atoms with Crippen LogP contribution in [-0.4, -0.2) is 41.2 Å². The van der Waals surface area contributed by atoms with Gasteiger partial charge in [-0.2, -0.15) is 0 Å². The van der Waals surface area contributed by atoms with Crippen molar-refractivity contribution in [1.82, 2.24) is 4.90 Å². The van der Waals surface area contributed by atoms with Crippen molar-refractivity contribution in [2.75, 3.05) is 27.0 Å². The van der Waals surface area contributed by atoms with E-state index in [4.69, 9.17) is 4.74 Å². The number of hydrogen-bond donors (Lipinski definition) is 1. The minimum Gasteiger partial charge on any atom is -0.497 e. The van der Waals surface area contributed by atoms with Crippen LogP contribution in [0.4, 0.5) is 0 Å². The molecule has 5 heteroatoms. The number of rotatable bonds is 7. The molecule has 0 radical (unpaired) electrons. The highest BCUT2D eigenvalue weighted by Gasteiger charge is 2.16. The van der Waals surface area contributed by atoms with Crippen molar-refractivity contribution in [2.45, 2.75) is 17.5 Å². The molecule has 0 aliphatic rings. The molecule has 2 aromatic rings. The minimum atomic E-state index is -0.959. The first-order valence-corrected chi connectivity index (χ1v) is 8.98. The topological polar surface area (TPSA) is 49.8 Å². The predicted octanol–water partition coefficient (Wildman–Crippen LogP) is 2.60. The Morgan fingerprint density at radius 1 is 1.13 bits per heavy atom. The number of methoxy groups -OCH3 is 1. The lowest BCUT2D eigenvalue weighted by molar-refractivity contribution is 0.142. The third kappa shape index (κ3) is 4.64. The Bertz CT molecular complexity index is 640. The largest absolute Gasteiger partial charge is 0.497 e. The molecule has 4 nitrogen and oxygen atoms in total. The van der Waals surface area contributed by atoms with Crippen LogP contribution in [0.15, 0.2) is 53.4 Å². The van der Waals surface area contributed by atoms with Gasteiger partial charge in [-0.15, -0.1) is 0 Å². The average molecular weight is 333 g/mol. The highest BCUT2D eigenvalue weighted by molar-refractivity contribution is 7.84. The zero-order chi connectivity index (χ0) is 16.8. The third-order valence-corrected chi connectivity index (χ3v) is 4.83. The maximum absolute atomic E-state index is 11.4. The highest BCUT2D eigenvalue weighted by atomic mass is 32.2. The van der Waals surface area contributed by atoms with Crippen molar-refractivity contribution >= 4 is 10.8 Å². The number of benzene rings is 2. The molecule has 2 aromatic carbocycles. The molecule has 0 bridgehead atoms. The molecule has 0 amide bonds. The van der Waals surface area contributed by atoms with Gasteiger partial charge in [-0.3, -0.25) is 9.11 Å². The Balaban J connectivity index is 2.09. The second-order valence-electron chi connectivity index (χ2n) is 5.48. The maximum atomic E-state index is 11.4. The van der Waals surface area contributed by atoms with Crippen LogP contribution in [0.3, 0.4) is 0 Å². The van der Waals surface area contributed by atoms with E-state index in [0.717, 1.165) is 21.8 Å². The standard InChI is InChI=1S/C18H23NO3S/c1-19(12-14-4-10-17(11-5-14)23(3)21)18(13-20)15-6-8-16(22-2)9-7-15/h4-11,18,20H,12-13H2,1-3H3. The van der Waals surface area contributed by atoms with Crippen LogP contribution in [0.1, 0.15) is 17.2 Å². The maximum Gasteiger partial charge on any atom is 0.118 e. The van der Waals surface area contributed by atoms with Gasteiger partial charge in [0.15, 0.2) is 0 Å². The van der Waals surface area contributed by atoms with Gasteiger partial charge in [0.25, 0.3) is 0 Å². The second kappa shape index (κ2) is 8.24. The zero-order valence-corrected chi connectivity index (χ0v) is 14.5. The second-order valence-corrected chi connectivity index (χ2v) is 6.86. The van der Waals surface area contributed by atoms with Crippen LogP contribution in [0, 0.1) is 0 Å². The van der Waals surface area contributed by atoms with Gasteiger partial charge >= 0.3 is 0 Å². The van der Waals surface area contributed by atoms with Gasteiger partial charge in [0, 0.05) is 28.5 Å². The number of likely N-dealkylation sites (N-methyl/N-ethyl adjacent to an activating group) is 1. The summed E-state index contributed by atoms with van der Waals surface area (Å²) in [5.74, 6) is 0.802. The molecular weight excluding hydrogens is 310 g/mol. The smallest absolute Gasteiger partial charge is 0.118 e. The van der Waals surface area contributed by atoms with E-state index in [2.05, 4.69) is 4.90 Å². The molecule has 2 unspecified atom stereocenters. The predicted molar refractivity (Wildman–Crippen MR) is 93.1 cm³/mol. The summed E-state index contributed by atoms with van der Waals surface area (Å²) in [5, 5.41) is 9.76. The molecule has 124 valence electrons. The van der Waals surface area contributed by atoms with Crippen LogP contribution in [0.25, 0.3) is 0 Å². The number of hydrogen-bond acceptors (Lipinski definition) is 4. The van der Waals surface area contributed by atoms with Gasteiger partial charge < -0.3 is 9.84 Å². The first kappa shape index (κ1) is 17.7. The fourth-order valence-electron chi connectivity index (χ4n) is 2.51. The first-order valence-electron chi connectivity index (χ1n) is 7.42. The van der Waals surface area contributed by atoms with Crippen LogP contribution in [0.2, 0.25) is 0 Å². The van der Waals surface area contributed by atoms with E-state index in [-0.39, 0.29) is 12.6 Å². The van der Waals surface area contributed by atoms with Crippen molar-refractivity contribution < 1.29 is 14.1 Å². The number of aliphatic hydroxyl groups excluding tert-OH is 1. The zero-order valence-electron chi connectivity index (χ0n) is 13.7. The normalized spacial score (nSPS) is 13.8. The van der Waals surface area contributed by atoms with E-state index in [1.807, 2.05) is 55.6 Å². The number of nitrogens with zero attached hydrogens (tertiary/aromatic N) is 1. The fraction of sp³-hybridized carbons (Fsp3) is 0.333. The summed E-state index contributed by atoms with van der Waals surface area (Å²) in [6.07, 6.45) is 1.67. The number of ether oxygens (including phenoxy) is 1. The van der Waals surface area contributed by atoms with E-state index in [1.54, 1.807) is 13.4 Å². The monoisotopic (exact) mass is 333 g/mol. The molecule has 2 rings (SSSR count). The van der Waals surface area contributed by atoms with Gasteiger partial charge in [0.1, 0.15) is 5.75 Å². The summed E-state index contributed by atoms with van der Waals surface area (Å²) in [5.41, 5.74) is 2.16. The molecule has 0 saturated heterocycles. The van der Waals surface area contributed by atoms with Crippen molar-refractivity contribution in [3.8, 4) is 5.75 Å². The van der Waals surface area contributed by atoms with Crippen molar-refractivity contribution in [1.29, 1.82) is 0 Å². The molecule has 0 aliphatic heterocycles. The Hall–Kier alpha value is -1.69. The molecule has 1 N–H and O–H groups in total.